The summed E-state index contributed by atoms with van der Waals surface area (Å²) < 4.78 is 65.1. The van der Waals surface area contributed by atoms with E-state index in [-0.39, 0.29) is 48.7 Å². The van der Waals surface area contributed by atoms with Gasteiger partial charge < -0.3 is 60.2 Å². The van der Waals surface area contributed by atoms with Crippen LogP contribution in [-0.2, 0) is 51.2 Å². The molecule has 2 aliphatic heterocycles. The summed E-state index contributed by atoms with van der Waals surface area (Å²) in [4.78, 5) is 85.4. The molecular formula is C30H43N9O17P2. The Bertz CT molecular complexity index is 2080. The molecule has 3 aromatic rings. The third-order valence-electron chi connectivity index (χ3n) is 8.85. The lowest BCUT2D eigenvalue weighted by Gasteiger charge is -2.29. The number of aliphatic hydroxyl groups excluding tert-OH is 2. The lowest BCUT2D eigenvalue weighted by Crippen LogP contribution is -2.49. The van der Waals surface area contributed by atoms with Crippen molar-refractivity contribution in [3.8, 4) is 0 Å². The van der Waals surface area contributed by atoms with Crippen LogP contribution in [0.25, 0.3) is 11.2 Å². The highest BCUT2D eigenvalue weighted by Gasteiger charge is 2.50. The van der Waals surface area contributed by atoms with Gasteiger partial charge in [-0.3, -0.25) is 27.5 Å². The van der Waals surface area contributed by atoms with Gasteiger partial charge in [0.1, 0.15) is 48.3 Å². The Labute approximate surface area is 328 Å². The Balaban J connectivity index is 1.38. The van der Waals surface area contributed by atoms with E-state index in [4.69, 9.17) is 39.5 Å². The first kappa shape index (κ1) is 44.8. The molecule has 1 unspecified atom stereocenters. The molecule has 9 atom stereocenters. The van der Waals surface area contributed by atoms with Crippen molar-refractivity contribution in [3.63, 3.8) is 0 Å². The van der Waals surface area contributed by atoms with E-state index in [1.165, 1.54) is 36.3 Å². The minimum absolute atomic E-state index is 0.00694. The number of nitrogens with two attached hydrogens (primary N) is 2. The van der Waals surface area contributed by atoms with E-state index in [2.05, 4.69) is 31.0 Å². The third-order valence-corrected chi connectivity index (χ3v) is 10.3. The fourth-order valence-electron chi connectivity index (χ4n) is 5.99. The molecule has 2 saturated heterocycles. The Kier molecular flexibility index (Phi) is 14.8. The van der Waals surface area contributed by atoms with Crippen molar-refractivity contribution in [3.05, 3.63) is 48.1 Å². The number of aromatic nitrogens is 6. The van der Waals surface area contributed by atoms with Crippen LogP contribution in [-0.4, -0.2) is 147 Å². The highest BCUT2D eigenvalue weighted by molar-refractivity contribution is 7.47. The predicted octanol–water partition coefficient (Wildman–Crippen LogP) is -1.88. The predicted molar refractivity (Wildman–Crippen MR) is 194 cm³/mol. The smallest absolute Gasteiger partial charge is 0.455 e. The Morgan fingerprint density at radius 1 is 1.12 bits per heavy atom. The minimum atomic E-state index is -5.23. The number of aliphatic hydroxyl groups is 2. The van der Waals surface area contributed by atoms with Crippen molar-refractivity contribution in [2.24, 2.45) is 0 Å². The number of phosphoric acid groups is 2. The normalized spacial score (nSPS) is 25.0. The van der Waals surface area contributed by atoms with Crippen LogP contribution in [0.15, 0.2) is 42.4 Å². The average molecular weight is 864 g/mol. The van der Waals surface area contributed by atoms with Crippen molar-refractivity contribution >= 4 is 50.3 Å². The van der Waals surface area contributed by atoms with Crippen molar-refractivity contribution in [1.82, 2.24) is 34.0 Å². The number of hydrogen-bond acceptors (Lipinski definition) is 20. The molecule has 9 N–H and O–H groups in total. The van der Waals surface area contributed by atoms with E-state index in [9.17, 15) is 48.4 Å². The Morgan fingerprint density at radius 2 is 1.86 bits per heavy atom. The van der Waals surface area contributed by atoms with E-state index in [1.54, 1.807) is 0 Å². The fourth-order valence-corrected chi connectivity index (χ4v) is 7.29. The molecule has 0 saturated carbocycles. The van der Waals surface area contributed by atoms with E-state index < -0.39 is 109 Å². The first-order valence-corrected chi connectivity index (χ1v) is 20.3. The number of carbonyl (C=O) groups is 2. The maximum atomic E-state index is 13.8. The molecule has 58 heavy (non-hydrogen) atoms. The standard InChI is InChI=1S/C30H43N9O17P2/c1-3-4-5-21(41)37(2)16(11-50-9-8-40)29(43)55-25-19(54-28(24(25)42)39-15-35-23-26(32)33-14-34-27(23)39)13-52-58(48,49)56-17-10-22(38-7-6-20(31)36-30(38)44)53-18(17)12-51-57(45,46)47/h3,6-7,14-19,22,24-25,28,40,42H,1,4-5,8-13H2,2H3,(H,48,49)(H2,31,36,44)(H2,32,33,34)(H2,45,46,47)/t16-,17-,18+,19+,22+,24+,25+,28+/m0/s1. The van der Waals surface area contributed by atoms with Gasteiger partial charge in [0.25, 0.3) is 0 Å². The SMILES string of the molecule is C=CCCC(=O)N(C)[C@@H](COCCO)C(=O)O[C@H]1[C@@H](O)[C@H](n2cnc3c(N)ncnc32)O[C@@H]1COP(=O)(O)O[C@H]1C[C@H](n2ccc(N)nc2=O)O[C@@H]1COP(=O)(O)O. The fraction of sp³-hybridized carbons (Fsp3) is 0.567. The molecule has 0 bridgehead atoms. The number of esters is 1. The largest absolute Gasteiger partial charge is 0.472 e. The number of amides is 1. The summed E-state index contributed by atoms with van der Waals surface area (Å²) in [5, 5.41) is 20.8. The lowest BCUT2D eigenvalue weighted by atomic mass is 10.1. The van der Waals surface area contributed by atoms with E-state index in [1.807, 2.05) is 0 Å². The van der Waals surface area contributed by atoms with Crippen LogP contribution in [0.1, 0.15) is 31.7 Å². The molecule has 0 radical (unpaired) electrons. The van der Waals surface area contributed by atoms with Crippen LogP contribution < -0.4 is 17.2 Å². The van der Waals surface area contributed by atoms with Gasteiger partial charge in [0.15, 0.2) is 29.8 Å². The number of ether oxygens (including phenoxy) is 4. The second-order valence-electron chi connectivity index (χ2n) is 12.8. The third kappa shape index (κ3) is 11.1. The molecule has 320 valence electrons. The number of anilines is 2. The molecule has 2 fully saturated rings. The van der Waals surface area contributed by atoms with Crippen LogP contribution in [0.2, 0.25) is 0 Å². The molecule has 2 aliphatic rings. The van der Waals surface area contributed by atoms with Gasteiger partial charge in [0, 0.05) is 26.1 Å². The summed E-state index contributed by atoms with van der Waals surface area (Å²) in [6.07, 6.45) is -5.62. The number of hydrogen-bond donors (Lipinski definition) is 7. The Hall–Kier alpha value is -4.27. The minimum Gasteiger partial charge on any atom is -0.455 e. The van der Waals surface area contributed by atoms with Gasteiger partial charge in [-0.2, -0.15) is 4.98 Å². The summed E-state index contributed by atoms with van der Waals surface area (Å²) >= 11 is 0. The van der Waals surface area contributed by atoms with E-state index >= 15 is 0 Å². The van der Waals surface area contributed by atoms with Gasteiger partial charge >= 0.3 is 27.3 Å². The number of carbonyl (C=O) groups excluding carboxylic acids is 2. The van der Waals surface area contributed by atoms with Crippen LogP contribution in [0.5, 0.6) is 0 Å². The number of imidazole rings is 1. The summed E-state index contributed by atoms with van der Waals surface area (Å²) in [7, 11) is -8.99. The molecule has 5 rings (SSSR count). The van der Waals surface area contributed by atoms with E-state index in [0.717, 1.165) is 15.8 Å². The number of allylic oxidation sites excluding steroid dienone is 1. The van der Waals surface area contributed by atoms with Gasteiger partial charge in [-0.05, 0) is 12.5 Å². The summed E-state index contributed by atoms with van der Waals surface area (Å²) in [6, 6.07) is -0.137. The molecule has 3 aromatic heterocycles. The van der Waals surface area contributed by atoms with Crippen LogP contribution >= 0.6 is 15.6 Å². The molecular weight excluding hydrogens is 820 g/mol. The van der Waals surface area contributed by atoms with Gasteiger partial charge in [0.05, 0.1) is 39.4 Å². The lowest BCUT2D eigenvalue weighted by molar-refractivity contribution is -0.167. The maximum Gasteiger partial charge on any atom is 0.472 e. The van der Waals surface area contributed by atoms with Crippen LogP contribution in [0.3, 0.4) is 0 Å². The first-order chi connectivity index (χ1) is 27.4. The quantitative estimate of drug-likeness (QED) is 0.0283. The highest BCUT2D eigenvalue weighted by Crippen LogP contribution is 2.50. The summed E-state index contributed by atoms with van der Waals surface area (Å²) in [6.45, 7) is 0.790. The molecule has 1 amide bonds. The zero-order valence-electron chi connectivity index (χ0n) is 30.7. The van der Waals surface area contributed by atoms with Gasteiger partial charge in [0.2, 0.25) is 5.91 Å². The van der Waals surface area contributed by atoms with Crippen LogP contribution in [0.4, 0.5) is 11.6 Å². The number of nitrogen functional groups attached to an aromatic ring is 2. The number of phosphoric ester groups is 2. The molecule has 0 aromatic carbocycles. The molecule has 5 heterocycles. The van der Waals surface area contributed by atoms with Gasteiger partial charge in [-0.1, -0.05) is 6.08 Å². The second kappa shape index (κ2) is 19.2. The molecule has 26 nitrogen and oxygen atoms in total. The number of nitrogens with zero attached hydrogens (tertiary/aromatic N) is 7. The topological polar surface area (TPSA) is 368 Å². The molecule has 0 spiro atoms. The van der Waals surface area contributed by atoms with E-state index in [0.29, 0.717) is 0 Å². The van der Waals surface area contributed by atoms with Crippen molar-refractivity contribution in [1.29, 1.82) is 0 Å². The number of likely N-dealkylation sites (N-methyl/N-ethyl adjacent to an activating group) is 1. The first-order valence-electron chi connectivity index (χ1n) is 17.3. The zero-order chi connectivity index (χ0) is 42.4. The highest BCUT2D eigenvalue weighted by atomic mass is 31.2. The van der Waals surface area contributed by atoms with Crippen molar-refractivity contribution in [2.45, 2.75) is 68.3 Å². The second-order valence-corrected chi connectivity index (χ2v) is 15.4. The van der Waals surface area contributed by atoms with Crippen LogP contribution in [0, 0.1) is 0 Å². The zero-order valence-corrected chi connectivity index (χ0v) is 32.5. The average Bonchev–Trinajstić information content (AvgIpc) is 3.85. The monoisotopic (exact) mass is 863 g/mol. The summed E-state index contributed by atoms with van der Waals surface area (Å²) in [5.74, 6) is -1.70. The number of fused-ring (bicyclic) bond motifs is 1. The van der Waals surface area contributed by atoms with Gasteiger partial charge in [-0.25, -0.2) is 33.7 Å². The van der Waals surface area contributed by atoms with Gasteiger partial charge in [-0.15, -0.1) is 6.58 Å². The maximum absolute atomic E-state index is 13.8. The molecule has 28 heteroatoms. The molecule has 0 aliphatic carbocycles. The van der Waals surface area contributed by atoms with Crippen molar-refractivity contribution < 1.29 is 76.1 Å². The number of rotatable bonds is 20. The Morgan fingerprint density at radius 3 is 2.55 bits per heavy atom. The van der Waals surface area contributed by atoms with Crippen molar-refractivity contribution in [2.75, 3.05) is 51.5 Å². The summed E-state index contributed by atoms with van der Waals surface area (Å²) in [5.41, 5.74) is 10.8.